The number of benzene rings is 1. The number of nitrogens with one attached hydrogen (secondary N) is 1. The predicted octanol–water partition coefficient (Wildman–Crippen LogP) is 4.22. The first-order valence-electron chi connectivity index (χ1n) is 5.09. The van der Waals surface area contributed by atoms with Gasteiger partial charge in [-0.15, -0.1) is 0 Å². The summed E-state index contributed by atoms with van der Waals surface area (Å²) in [6.07, 6.45) is 1.51. The molecule has 0 aliphatic heterocycles. The molecule has 4 nitrogen and oxygen atoms in total. The van der Waals surface area contributed by atoms with Gasteiger partial charge in [-0.1, -0.05) is 11.6 Å². The van der Waals surface area contributed by atoms with E-state index < -0.39 is 0 Å². The highest BCUT2D eigenvalue weighted by molar-refractivity contribution is 9.11. The summed E-state index contributed by atoms with van der Waals surface area (Å²) < 4.78 is 0.934. The lowest BCUT2D eigenvalue weighted by atomic mass is 10.2. The molecule has 0 unspecified atom stereocenters. The molecule has 0 saturated carbocycles. The molecule has 19 heavy (non-hydrogen) atoms. The second-order valence-corrected chi connectivity index (χ2v) is 5.65. The van der Waals surface area contributed by atoms with Gasteiger partial charge in [0.2, 0.25) is 0 Å². The fraction of sp³-hybridized carbons (Fsp3) is 0. The van der Waals surface area contributed by atoms with Crippen LogP contribution >= 0.6 is 43.5 Å². The van der Waals surface area contributed by atoms with Crippen molar-refractivity contribution >= 4 is 55.1 Å². The number of carbonyl (C=O) groups is 1. The first kappa shape index (κ1) is 14.3. The summed E-state index contributed by atoms with van der Waals surface area (Å²) in [4.78, 5) is 15.9. The minimum absolute atomic E-state index is 0.0670. The Bertz CT molecular complexity index is 626. The number of nitrogens with zero attached hydrogens (tertiary/aromatic N) is 1. The molecule has 0 bridgehead atoms. The lowest BCUT2D eigenvalue weighted by Crippen LogP contribution is -2.12. The number of aromatic hydroxyl groups is 1. The normalized spacial score (nSPS) is 10.3. The van der Waals surface area contributed by atoms with Crippen LogP contribution in [0.2, 0.25) is 5.15 Å². The zero-order valence-corrected chi connectivity index (χ0v) is 13.3. The number of phenols is 1. The molecule has 0 fully saturated rings. The molecule has 1 aromatic heterocycles. The van der Waals surface area contributed by atoms with Gasteiger partial charge in [-0.05, 0) is 56.1 Å². The van der Waals surface area contributed by atoms with Crippen molar-refractivity contribution < 1.29 is 9.90 Å². The smallest absolute Gasteiger partial charge is 0.258 e. The second kappa shape index (κ2) is 5.90. The summed E-state index contributed by atoms with van der Waals surface area (Å²) in [7, 11) is 0. The molecule has 0 atom stereocenters. The zero-order chi connectivity index (χ0) is 14.0. The molecular weight excluding hydrogens is 399 g/mol. The van der Waals surface area contributed by atoms with Crippen molar-refractivity contribution in [2.45, 2.75) is 0 Å². The molecule has 0 aliphatic carbocycles. The molecule has 1 heterocycles. The van der Waals surface area contributed by atoms with E-state index >= 15 is 0 Å². The number of phenolic OH excluding ortho intramolecular Hbond substituents is 1. The van der Waals surface area contributed by atoms with E-state index in [4.69, 9.17) is 11.6 Å². The molecule has 0 aliphatic rings. The maximum Gasteiger partial charge on any atom is 0.258 e. The van der Waals surface area contributed by atoms with Crippen molar-refractivity contribution in [3.05, 3.63) is 50.1 Å². The molecule has 2 aromatic rings. The summed E-state index contributed by atoms with van der Waals surface area (Å²) in [5, 5.41) is 12.4. The molecule has 0 saturated heterocycles. The minimum Gasteiger partial charge on any atom is -0.506 e. The predicted molar refractivity (Wildman–Crippen MR) is 80.7 cm³/mol. The molecule has 0 spiro atoms. The zero-order valence-electron chi connectivity index (χ0n) is 9.32. The Hall–Kier alpha value is -1.11. The van der Waals surface area contributed by atoms with Crippen molar-refractivity contribution in [2.75, 3.05) is 5.32 Å². The number of anilines is 1. The van der Waals surface area contributed by atoms with Crippen LogP contribution in [0.1, 0.15) is 10.4 Å². The van der Waals surface area contributed by atoms with Gasteiger partial charge in [-0.2, -0.15) is 0 Å². The average Bonchev–Trinajstić information content (AvgIpc) is 2.36. The molecule has 2 N–H and O–H groups in total. The van der Waals surface area contributed by atoms with E-state index in [0.717, 1.165) is 0 Å². The summed E-state index contributed by atoms with van der Waals surface area (Å²) in [5.41, 5.74) is 0.797. The molecule has 7 heteroatoms. The van der Waals surface area contributed by atoms with Crippen molar-refractivity contribution in [3.8, 4) is 5.75 Å². The van der Waals surface area contributed by atoms with E-state index in [0.29, 0.717) is 14.6 Å². The summed E-state index contributed by atoms with van der Waals surface area (Å²) in [5.74, 6) is -0.306. The number of hydrogen-bond donors (Lipinski definition) is 2. The van der Waals surface area contributed by atoms with Crippen LogP contribution in [0.25, 0.3) is 0 Å². The van der Waals surface area contributed by atoms with Crippen LogP contribution in [0.5, 0.6) is 5.75 Å². The Morgan fingerprint density at radius 3 is 2.53 bits per heavy atom. The molecule has 1 aromatic carbocycles. The molecular formula is C12H7Br2ClN2O2. The second-order valence-electron chi connectivity index (χ2n) is 3.58. The highest BCUT2D eigenvalue weighted by Gasteiger charge is 2.13. The lowest BCUT2D eigenvalue weighted by Gasteiger charge is -2.08. The summed E-state index contributed by atoms with van der Waals surface area (Å²) in [6, 6.07) is 6.38. The highest BCUT2D eigenvalue weighted by Crippen LogP contribution is 2.35. The molecule has 0 radical (unpaired) electrons. The van der Waals surface area contributed by atoms with Crippen LogP contribution < -0.4 is 5.32 Å². The number of aromatic nitrogens is 1. The SMILES string of the molecule is O=C(Nc1cc(Br)c(O)c(Br)c1)c1cccnc1Cl. The third kappa shape index (κ3) is 3.26. The Labute approximate surface area is 131 Å². The third-order valence-electron chi connectivity index (χ3n) is 2.28. The Morgan fingerprint density at radius 1 is 1.32 bits per heavy atom. The monoisotopic (exact) mass is 404 g/mol. The number of rotatable bonds is 2. The van der Waals surface area contributed by atoms with Crippen molar-refractivity contribution in [1.29, 1.82) is 0 Å². The quantitative estimate of drug-likeness (QED) is 0.580. The van der Waals surface area contributed by atoms with Crippen LogP contribution in [-0.2, 0) is 0 Å². The van der Waals surface area contributed by atoms with Crippen LogP contribution in [0.4, 0.5) is 5.69 Å². The number of amides is 1. The molecule has 1 amide bonds. The fourth-order valence-corrected chi connectivity index (χ4v) is 2.78. The third-order valence-corrected chi connectivity index (χ3v) is 3.79. The van der Waals surface area contributed by atoms with Crippen LogP contribution in [0, 0.1) is 0 Å². The largest absolute Gasteiger partial charge is 0.506 e. The van der Waals surface area contributed by atoms with Crippen molar-refractivity contribution in [3.63, 3.8) is 0 Å². The van der Waals surface area contributed by atoms with Crippen LogP contribution in [-0.4, -0.2) is 16.0 Å². The van der Waals surface area contributed by atoms with Gasteiger partial charge in [0.05, 0.1) is 14.5 Å². The average molecular weight is 406 g/mol. The van der Waals surface area contributed by atoms with Gasteiger partial charge in [0, 0.05) is 11.9 Å². The number of hydrogen-bond acceptors (Lipinski definition) is 3. The van der Waals surface area contributed by atoms with Crippen molar-refractivity contribution in [2.24, 2.45) is 0 Å². The fourth-order valence-electron chi connectivity index (χ4n) is 1.39. The standard InChI is InChI=1S/C12H7Br2ClN2O2/c13-8-4-6(5-9(14)10(8)18)17-12(19)7-2-1-3-16-11(7)15/h1-5,18H,(H,17,19). The van der Waals surface area contributed by atoms with E-state index in [2.05, 4.69) is 42.2 Å². The van der Waals surface area contributed by atoms with E-state index in [-0.39, 0.29) is 22.4 Å². The van der Waals surface area contributed by atoms with Gasteiger partial charge in [-0.25, -0.2) is 4.98 Å². The van der Waals surface area contributed by atoms with Gasteiger partial charge in [0.25, 0.3) is 5.91 Å². The number of carbonyl (C=O) groups excluding carboxylic acids is 1. The molecule has 2 rings (SSSR count). The number of pyridine rings is 1. The van der Waals surface area contributed by atoms with Gasteiger partial charge < -0.3 is 10.4 Å². The van der Waals surface area contributed by atoms with Crippen molar-refractivity contribution in [1.82, 2.24) is 4.98 Å². The molecule has 98 valence electrons. The lowest BCUT2D eigenvalue weighted by molar-refractivity contribution is 0.102. The van der Waals surface area contributed by atoms with Gasteiger partial charge in [0.1, 0.15) is 10.9 Å². The van der Waals surface area contributed by atoms with Crippen LogP contribution in [0.3, 0.4) is 0 Å². The van der Waals surface area contributed by atoms with Gasteiger partial charge in [0.15, 0.2) is 0 Å². The Kier molecular flexibility index (Phi) is 4.44. The Morgan fingerprint density at radius 2 is 1.95 bits per heavy atom. The van der Waals surface area contributed by atoms with Crippen LogP contribution in [0.15, 0.2) is 39.4 Å². The first-order valence-corrected chi connectivity index (χ1v) is 7.05. The highest BCUT2D eigenvalue weighted by atomic mass is 79.9. The minimum atomic E-state index is -0.373. The summed E-state index contributed by atoms with van der Waals surface area (Å²) >= 11 is 12.2. The van der Waals surface area contributed by atoms with Gasteiger partial charge >= 0.3 is 0 Å². The maximum atomic E-state index is 12.0. The number of halogens is 3. The summed E-state index contributed by atoms with van der Waals surface area (Å²) in [6.45, 7) is 0. The maximum absolute atomic E-state index is 12.0. The Balaban J connectivity index is 2.27. The van der Waals surface area contributed by atoms with E-state index in [1.54, 1.807) is 24.3 Å². The topological polar surface area (TPSA) is 62.2 Å². The van der Waals surface area contributed by atoms with E-state index in [9.17, 15) is 9.90 Å². The van der Waals surface area contributed by atoms with Gasteiger partial charge in [-0.3, -0.25) is 4.79 Å². The van der Waals surface area contributed by atoms with E-state index in [1.807, 2.05) is 0 Å². The first-order chi connectivity index (χ1) is 8.99. The van der Waals surface area contributed by atoms with E-state index in [1.165, 1.54) is 6.20 Å².